The molecule has 0 bridgehead atoms. The lowest BCUT2D eigenvalue weighted by Gasteiger charge is -2.12. The Hall–Kier alpha value is -1.61. The zero-order valence-corrected chi connectivity index (χ0v) is 12.6. The minimum Gasteiger partial charge on any atom is -0.388 e. The molecule has 0 aliphatic heterocycles. The van der Waals surface area contributed by atoms with Crippen molar-refractivity contribution < 1.29 is 5.11 Å². The van der Waals surface area contributed by atoms with E-state index in [4.69, 9.17) is 23.2 Å². The van der Waals surface area contributed by atoms with Gasteiger partial charge >= 0.3 is 0 Å². The zero-order valence-electron chi connectivity index (χ0n) is 11.1. The van der Waals surface area contributed by atoms with Crippen LogP contribution >= 0.6 is 23.2 Å². The molecule has 21 heavy (non-hydrogen) atoms. The van der Waals surface area contributed by atoms with E-state index >= 15 is 0 Å². The summed E-state index contributed by atoms with van der Waals surface area (Å²) in [6.45, 7) is 0. The van der Waals surface area contributed by atoms with Gasteiger partial charge in [0.1, 0.15) is 0 Å². The summed E-state index contributed by atoms with van der Waals surface area (Å²) < 4.78 is 0. The molecule has 106 valence electrons. The second kappa shape index (κ2) is 6.02. The summed E-state index contributed by atoms with van der Waals surface area (Å²) in [6.07, 6.45) is 1.56. The topological polar surface area (TPSA) is 33.1 Å². The molecule has 0 aliphatic carbocycles. The molecule has 1 atom stereocenters. The maximum atomic E-state index is 10.4. The number of aromatic nitrogens is 1. The van der Waals surface area contributed by atoms with Gasteiger partial charge in [0.15, 0.2) is 0 Å². The molecule has 0 aliphatic rings. The second-order valence-corrected chi connectivity index (χ2v) is 5.74. The Kier molecular flexibility index (Phi) is 4.11. The lowest BCUT2D eigenvalue weighted by Crippen LogP contribution is -2.02. The van der Waals surface area contributed by atoms with Crippen molar-refractivity contribution in [1.29, 1.82) is 0 Å². The number of pyridine rings is 1. The minimum absolute atomic E-state index is 0.469. The molecule has 0 spiro atoms. The molecule has 3 aromatic rings. The maximum absolute atomic E-state index is 10.4. The molecule has 2 aromatic carbocycles. The third kappa shape index (κ3) is 3.18. The number of nitrogens with zero attached hydrogens (tertiary/aromatic N) is 1. The van der Waals surface area contributed by atoms with E-state index in [0.29, 0.717) is 16.5 Å². The molecule has 4 heteroatoms. The van der Waals surface area contributed by atoms with Crippen molar-refractivity contribution >= 4 is 34.1 Å². The Morgan fingerprint density at radius 3 is 2.62 bits per heavy atom. The predicted octanol–water partition coefficient (Wildman–Crippen LogP) is 4.82. The molecule has 3 rings (SSSR count). The molecule has 0 fully saturated rings. The average Bonchev–Trinajstić information content (AvgIpc) is 2.50. The Balaban J connectivity index is 1.85. The van der Waals surface area contributed by atoms with Crippen molar-refractivity contribution in [3.05, 3.63) is 75.9 Å². The van der Waals surface area contributed by atoms with Crippen LogP contribution in [0.15, 0.2) is 54.7 Å². The van der Waals surface area contributed by atoms with E-state index in [-0.39, 0.29) is 0 Å². The highest BCUT2D eigenvalue weighted by Crippen LogP contribution is 2.26. The Bertz CT molecular complexity index is 789. The van der Waals surface area contributed by atoms with Gasteiger partial charge in [0.05, 0.1) is 21.7 Å². The number of aliphatic hydroxyl groups excluding tert-OH is 1. The number of hydrogen-bond acceptors (Lipinski definition) is 2. The molecule has 0 radical (unpaired) electrons. The third-order valence-corrected chi connectivity index (χ3v) is 4.15. The Morgan fingerprint density at radius 1 is 1.00 bits per heavy atom. The summed E-state index contributed by atoms with van der Waals surface area (Å²) in [6, 6.07) is 15.2. The van der Waals surface area contributed by atoms with Crippen molar-refractivity contribution in [2.45, 2.75) is 12.5 Å². The number of benzene rings is 2. The van der Waals surface area contributed by atoms with Crippen LogP contribution in [0.2, 0.25) is 10.0 Å². The van der Waals surface area contributed by atoms with Crippen LogP contribution in [0.4, 0.5) is 0 Å². The fourth-order valence-electron chi connectivity index (χ4n) is 2.28. The van der Waals surface area contributed by atoms with Gasteiger partial charge < -0.3 is 5.11 Å². The van der Waals surface area contributed by atoms with Crippen LogP contribution in [-0.2, 0) is 6.42 Å². The van der Waals surface area contributed by atoms with Crippen LogP contribution in [0.25, 0.3) is 10.9 Å². The Morgan fingerprint density at radius 2 is 1.81 bits per heavy atom. The predicted molar refractivity (Wildman–Crippen MR) is 86.9 cm³/mol. The van der Waals surface area contributed by atoms with E-state index in [2.05, 4.69) is 4.98 Å². The van der Waals surface area contributed by atoms with Gasteiger partial charge in [-0.25, -0.2) is 0 Å². The standard InChI is InChI=1S/C17H13Cl2NO/c18-14-6-5-11(7-15(14)19)8-17(21)13-9-12-3-1-2-4-16(12)20-10-13/h1-7,9-10,17,21H,8H2. The third-order valence-electron chi connectivity index (χ3n) is 3.41. The first kappa shape index (κ1) is 14.3. The highest BCUT2D eigenvalue weighted by Gasteiger charge is 2.11. The first-order chi connectivity index (χ1) is 10.1. The first-order valence-corrected chi connectivity index (χ1v) is 7.36. The highest BCUT2D eigenvalue weighted by atomic mass is 35.5. The van der Waals surface area contributed by atoms with E-state index in [0.717, 1.165) is 22.0 Å². The minimum atomic E-state index is -0.626. The van der Waals surface area contributed by atoms with Crippen LogP contribution in [-0.4, -0.2) is 10.1 Å². The maximum Gasteiger partial charge on any atom is 0.0845 e. The monoisotopic (exact) mass is 317 g/mol. The van der Waals surface area contributed by atoms with Gasteiger partial charge in [0, 0.05) is 18.0 Å². The van der Waals surface area contributed by atoms with Crippen LogP contribution < -0.4 is 0 Å². The zero-order chi connectivity index (χ0) is 14.8. The highest BCUT2D eigenvalue weighted by molar-refractivity contribution is 6.42. The smallest absolute Gasteiger partial charge is 0.0845 e. The quantitative estimate of drug-likeness (QED) is 0.751. The van der Waals surface area contributed by atoms with Gasteiger partial charge in [-0.2, -0.15) is 0 Å². The molecular formula is C17H13Cl2NO. The van der Waals surface area contributed by atoms with Crippen molar-refractivity contribution in [3.8, 4) is 0 Å². The number of halogens is 2. The molecule has 1 heterocycles. The largest absolute Gasteiger partial charge is 0.388 e. The summed E-state index contributed by atoms with van der Waals surface area (Å²) in [5.74, 6) is 0. The van der Waals surface area contributed by atoms with Gasteiger partial charge in [0.25, 0.3) is 0 Å². The first-order valence-electron chi connectivity index (χ1n) is 6.60. The summed E-state index contributed by atoms with van der Waals surface area (Å²) in [5.41, 5.74) is 2.65. The van der Waals surface area contributed by atoms with Gasteiger partial charge in [-0.3, -0.25) is 4.98 Å². The Labute approximate surface area is 133 Å². The summed E-state index contributed by atoms with van der Waals surface area (Å²) in [7, 11) is 0. The van der Waals surface area contributed by atoms with E-state index in [1.807, 2.05) is 36.4 Å². The fraction of sp³-hybridized carbons (Fsp3) is 0.118. The number of hydrogen-bond donors (Lipinski definition) is 1. The number of rotatable bonds is 3. The van der Waals surface area contributed by atoms with Gasteiger partial charge in [-0.1, -0.05) is 47.5 Å². The molecule has 1 aromatic heterocycles. The van der Waals surface area contributed by atoms with E-state index in [9.17, 15) is 5.11 Å². The lowest BCUT2D eigenvalue weighted by molar-refractivity contribution is 0.178. The van der Waals surface area contributed by atoms with Crippen molar-refractivity contribution in [3.63, 3.8) is 0 Å². The van der Waals surface area contributed by atoms with Crippen LogP contribution in [0, 0.1) is 0 Å². The molecule has 0 saturated carbocycles. The van der Waals surface area contributed by atoms with Crippen LogP contribution in [0.1, 0.15) is 17.2 Å². The molecule has 0 saturated heterocycles. The van der Waals surface area contributed by atoms with Crippen LogP contribution in [0.3, 0.4) is 0 Å². The summed E-state index contributed by atoms with van der Waals surface area (Å²) in [4.78, 5) is 4.37. The van der Waals surface area contributed by atoms with E-state index in [1.165, 1.54) is 0 Å². The number of para-hydroxylation sites is 1. The molecule has 1 N–H and O–H groups in total. The second-order valence-electron chi connectivity index (χ2n) is 4.93. The van der Waals surface area contributed by atoms with Gasteiger partial charge in [-0.15, -0.1) is 0 Å². The lowest BCUT2D eigenvalue weighted by atomic mass is 10.0. The molecule has 1 unspecified atom stereocenters. The normalized spacial score (nSPS) is 12.5. The summed E-state index contributed by atoms with van der Waals surface area (Å²) >= 11 is 11.9. The average molecular weight is 318 g/mol. The van der Waals surface area contributed by atoms with Crippen molar-refractivity contribution in [1.82, 2.24) is 4.98 Å². The van der Waals surface area contributed by atoms with E-state index < -0.39 is 6.10 Å². The molecular weight excluding hydrogens is 305 g/mol. The van der Waals surface area contributed by atoms with Crippen LogP contribution in [0.5, 0.6) is 0 Å². The number of aliphatic hydroxyl groups is 1. The fourth-order valence-corrected chi connectivity index (χ4v) is 2.60. The number of fused-ring (bicyclic) bond motifs is 1. The van der Waals surface area contributed by atoms with Gasteiger partial charge in [-0.05, 0) is 35.4 Å². The van der Waals surface area contributed by atoms with Crippen molar-refractivity contribution in [2.24, 2.45) is 0 Å². The molecule has 2 nitrogen and oxygen atoms in total. The van der Waals surface area contributed by atoms with Crippen molar-refractivity contribution in [2.75, 3.05) is 0 Å². The molecule has 0 amide bonds. The summed E-state index contributed by atoms with van der Waals surface area (Å²) in [5, 5.41) is 12.4. The van der Waals surface area contributed by atoms with Gasteiger partial charge in [0.2, 0.25) is 0 Å². The SMILES string of the molecule is OC(Cc1ccc(Cl)c(Cl)c1)c1cnc2ccccc2c1. The van der Waals surface area contributed by atoms with E-state index in [1.54, 1.807) is 18.3 Å².